The smallest absolute Gasteiger partial charge is 0.0709 e. The Labute approximate surface area is 243 Å². The van der Waals surface area contributed by atoms with Crippen molar-refractivity contribution >= 4 is 16.6 Å². The first kappa shape index (κ1) is 26.7. The third-order valence-electron chi connectivity index (χ3n) is 8.17. The van der Waals surface area contributed by atoms with Crippen molar-refractivity contribution in [2.75, 3.05) is 0 Å². The van der Waals surface area contributed by atoms with Crippen LogP contribution in [0, 0.1) is 12.8 Å². The van der Waals surface area contributed by atoms with E-state index in [4.69, 9.17) is 9.98 Å². The number of allylic oxidation sites excluding steroid dienone is 9. The molecule has 1 unspecified atom stereocenters. The fourth-order valence-corrected chi connectivity index (χ4v) is 5.84. The molecule has 0 spiro atoms. The molecule has 4 aromatic rings. The van der Waals surface area contributed by atoms with Gasteiger partial charge in [0.15, 0.2) is 0 Å². The number of nitrogens with zero attached hydrogens (tertiary/aromatic N) is 2. The Morgan fingerprint density at radius 1 is 0.829 bits per heavy atom. The number of para-hydroxylation sites is 1. The second-order valence-corrected chi connectivity index (χ2v) is 11.0. The molecule has 0 N–H and O–H groups in total. The van der Waals surface area contributed by atoms with E-state index in [0.717, 1.165) is 58.4 Å². The van der Waals surface area contributed by atoms with Crippen molar-refractivity contribution in [1.29, 1.82) is 0 Å². The zero-order valence-corrected chi connectivity index (χ0v) is 24.1. The van der Waals surface area contributed by atoms with Gasteiger partial charge in [-0.3, -0.25) is 4.99 Å². The van der Waals surface area contributed by atoms with Gasteiger partial charge in [-0.05, 0) is 86.1 Å². The zero-order valence-electron chi connectivity index (χ0n) is 24.1. The molecular weight excluding hydrogens is 496 g/mol. The molecule has 2 aliphatic rings. The molecule has 0 saturated carbocycles. The van der Waals surface area contributed by atoms with Gasteiger partial charge < -0.3 is 0 Å². The minimum Gasteiger partial charge on any atom is -0.257 e. The number of aryl methyl sites for hydroxylation is 1. The number of benzene rings is 3. The van der Waals surface area contributed by atoms with Gasteiger partial charge in [0.05, 0.1) is 16.9 Å². The minimum absolute atomic E-state index is 0.266. The second kappa shape index (κ2) is 11.9. The van der Waals surface area contributed by atoms with Gasteiger partial charge in [0.2, 0.25) is 0 Å². The molecule has 0 aliphatic heterocycles. The molecular formula is C39H36N2. The van der Waals surface area contributed by atoms with Crippen LogP contribution in [0.1, 0.15) is 44.2 Å². The van der Waals surface area contributed by atoms with Crippen LogP contribution in [0.2, 0.25) is 0 Å². The number of pyridine rings is 1. The Bertz CT molecular complexity index is 1790. The van der Waals surface area contributed by atoms with Crippen LogP contribution < -0.4 is 0 Å². The highest BCUT2D eigenvalue weighted by atomic mass is 14.8. The van der Waals surface area contributed by atoms with E-state index < -0.39 is 0 Å². The summed E-state index contributed by atoms with van der Waals surface area (Å²) in [6.45, 7) is 6.58. The first-order chi connectivity index (χ1) is 20.1. The molecule has 0 saturated heterocycles. The van der Waals surface area contributed by atoms with E-state index in [0.29, 0.717) is 0 Å². The maximum absolute atomic E-state index is 5.40. The molecule has 3 aromatic carbocycles. The van der Waals surface area contributed by atoms with Crippen molar-refractivity contribution in [3.63, 3.8) is 0 Å². The normalized spacial score (nSPS) is 17.5. The standard InChI is InChI=1S/C39H36N2/c1-27-22-23-33(38-25-24-31-16-10-13-21-37(31)41-38)26-36(27)35-20-12-11-19-34(35)29(3)40-39(32-17-8-5-9-18-32)28(2)30-14-6-4-7-15-30/h5-6,8-17,19-26,32H,4,7,18H2,1-3H3/b39-28+,40-29?. The van der Waals surface area contributed by atoms with Crippen LogP contribution in [-0.2, 0) is 0 Å². The summed E-state index contributed by atoms with van der Waals surface area (Å²) in [6, 6.07) is 27.9. The quantitative estimate of drug-likeness (QED) is 0.227. The first-order valence-corrected chi connectivity index (χ1v) is 14.6. The van der Waals surface area contributed by atoms with Crippen molar-refractivity contribution < 1.29 is 0 Å². The maximum Gasteiger partial charge on any atom is 0.0709 e. The highest BCUT2D eigenvalue weighted by Crippen LogP contribution is 2.34. The largest absolute Gasteiger partial charge is 0.257 e. The van der Waals surface area contributed by atoms with Crippen molar-refractivity contribution in [2.24, 2.45) is 10.9 Å². The lowest BCUT2D eigenvalue weighted by Gasteiger charge is -2.20. The number of rotatable bonds is 6. The molecule has 0 radical (unpaired) electrons. The van der Waals surface area contributed by atoms with E-state index in [1.807, 2.05) is 6.07 Å². The van der Waals surface area contributed by atoms with Gasteiger partial charge in [0.25, 0.3) is 0 Å². The highest BCUT2D eigenvalue weighted by molar-refractivity contribution is 6.05. The van der Waals surface area contributed by atoms with Gasteiger partial charge in [-0.1, -0.05) is 103 Å². The average Bonchev–Trinajstić information content (AvgIpc) is 3.04. The van der Waals surface area contributed by atoms with Crippen LogP contribution in [0.3, 0.4) is 0 Å². The third kappa shape index (κ3) is 5.69. The molecule has 1 atom stereocenters. The van der Waals surface area contributed by atoms with Crippen molar-refractivity contribution in [2.45, 2.75) is 40.0 Å². The molecule has 0 fully saturated rings. The Morgan fingerprint density at radius 3 is 2.51 bits per heavy atom. The van der Waals surface area contributed by atoms with Crippen LogP contribution >= 0.6 is 0 Å². The highest BCUT2D eigenvalue weighted by Gasteiger charge is 2.18. The number of hydrogen-bond donors (Lipinski definition) is 0. The summed E-state index contributed by atoms with van der Waals surface area (Å²) in [7, 11) is 0. The molecule has 2 nitrogen and oxygen atoms in total. The average molecular weight is 533 g/mol. The van der Waals surface area contributed by atoms with Crippen molar-refractivity contribution in [3.8, 4) is 22.4 Å². The summed E-state index contributed by atoms with van der Waals surface area (Å²) in [4.78, 5) is 10.4. The van der Waals surface area contributed by atoms with Crippen LogP contribution in [0.4, 0.5) is 0 Å². The summed E-state index contributed by atoms with van der Waals surface area (Å²) in [5.74, 6) is 0.266. The van der Waals surface area contributed by atoms with Crippen molar-refractivity contribution in [1.82, 2.24) is 4.98 Å². The molecule has 0 amide bonds. The molecule has 1 aromatic heterocycles. The Balaban J connectivity index is 1.44. The van der Waals surface area contributed by atoms with E-state index in [2.05, 4.69) is 136 Å². The Hall–Kier alpha value is -4.56. The van der Waals surface area contributed by atoms with E-state index in [-0.39, 0.29) is 5.92 Å². The molecule has 0 bridgehead atoms. The molecule has 2 aliphatic carbocycles. The van der Waals surface area contributed by atoms with Gasteiger partial charge in [0, 0.05) is 28.1 Å². The lowest BCUT2D eigenvalue weighted by atomic mass is 9.89. The van der Waals surface area contributed by atoms with E-state index in [1.165, 1.54) is 27.8 Å². The summed E-state index contributed by atoms with van der Waals surface area (Å²) in [6.07, 6.45) is 18.9. The number of hydrogen-bond acceptors (Lipinski definition) is 2. The predicted octanol–water partition coefficient (Wildman–Crippen LogP) is 10.4. The molecule has 6 rings (SSSR count). The topological polar surface area (TPSA) is 25.2 Å². The van der Waals surface area contributed by atoms with Crippen LogP contribution in [-0.4, -0.2) is 10.7 Å². The van der Waals surface area contributed by atoms with E-state index in [9.17, 15) is 0 Å². The fraction of sp³-hybridized carbons (Fsp3) is 0.179. The maximum atomic E-state index is 5.40. The monoisotopic (exact) mass is 532 g/mol. The van der Waals surface area contributed by atoms with Gasteiger partial charge in [0.1, 0.15) is 0 Å². The minimum atomic E-state index is 0.266. The molecule has 2 heteroatoms. The first-order valence-electron chi connectivity index (χ1n) is 14.6. The molecule has 1 heterocycles. The fourth-order valence-electron chi connectivity index (χ4n) is 5.84. The molecule has 202 valence electrons. The summed E-state index contributed by atoms with van der Waals surface area (Å²) < 4.78 is 0. The second-order valence-electron chi connectivity index (χ2n) is 11.0. The number of aromatic nitrogens is 1. The van der Waals surface area contributed by atoms with Gasteiger partial charge in [-0.15, -0.1) is 0 Å². The predicted molar refractivity (Wildman–Crippen MR) is 175 cm³/mol. The van der Waals surface area contributed by atoms with E-state index >= 15 is 0 Å². The lowest BCUT2D eigenvalue weighted by molar-refractivity contribution is 0.746. The van der Waals surface area contributed by atoms with Crippen LogP contribution in [0.25, 0.3) is 33.3 Å². The summed E-state index contributed by atoms with van der Waals surface area (Å²) >= 11 is 0. The van der Waals surface area contributed by atoms with Gasteiger partial charge >= 0.3 is 0 Å². The number of aliphatic imine (C=N–C) groups is 1. The Morgan fingerprint density at radius 2 is 1.68 bits per heavy atom. The zero-order chi connectivity index (χ0) is 28.2. The summed E-state index contributed by atoms with van der Waals surface area (Å²) in [5, 5.41) is 1.16. The number of fused-ring (bicyclic) bond motifs is 1. The van der Waals surface area contributed by atoms with Crippen LogP contribution in [0.15, 0.2) is 143 Å². The van der Waals surface area contributed by atoms with Crippen molar-refractivity contribution in [3.05, 3.63) is 149 Å². The van der Waals surface area contributed by atoms with Crippen LogP contribution in [0.5, 0.6) is 0 Å². The lowest BCUT2D eigenvalue weighted by Crippen LogP contribution is -2.08. The SMILES string of the molecule is CC(=N/C(=C(\C)C1=CCCC=C1)C1C=CC=CC1)c1ccccc1-c1cc(-c2ccc3ccccc3n2)ccc1C. The van der Waals surface area contributed by atoms with Gasteiger partial charge in [-0.2, -0.15) is 0 Å². The summed E-state index contributed by atoms with van der Waals surface area (Å²) in [5.41, 5.74) is 12.7. The third-order valence-corrected chi connectivity index (χ3v) is 8.17. The van der Waals surface area contributed by atoms with Gasteiger partial charge in [-0.25, -0.2) is 4.98 Å². The van der Waals surface area contributed by atoms with E-state index in [1.54, 1.807) is 0 Å². The molecule has 41 heavy (non-hydrogen) atoms. The Kier molecular flexibility index (Phi) is 7.73.